The summed E-state index contributed by atoms with van der Waals surface area (Å²) in [5, 5.41) is 16.0. The summed E-state index contributed by atoms with van der Waals surface area (Å²) in [6, 6.07) is 2.28. The van der Waals surface area contributed by atoms with Crippen LogP contribution in [0.15, 0.2) is 12.1 Å². The Kier molecular flexibility index (Phi) is 8.13. The maximum atomic E-state index is 15.0. The maximum Gasteiger partial charge on any atom is 0.309 e. The molecule has 0 heterocycles. The van der Waals surface area contributed by atoms with E-state index in [0.29, 0.717) is 31.6 Å². The quantitative estimate of drug-likeness (QED) is 0.324. The number of ether oxygens (including phenoxy) is 2. The normalized spacial score (nSPS) is 33.0. The van der Waals surface area contributed by atoms with Crippen LogP contribution in [0.3, 0.4) is 0 Å². The number of rotatable bonds is 11. The fourth-order valence-corrected chi connectivity index (χ4v) is 8.26. The molecule has 5 aliphatic carbocycles. The monoisotopic (exact) mass is 584 g/mol. The van der Waals surface area contributed by atoms with Crippen LogP contribution < -0.4 is 20.1 Å². The molecule has 1 unspecified atom stereocenters. The molecule has 5 atom stereocenters. The average Bonchev–Trinajstić information content (AvgIpc) is 3.59. The zero-order valence-electron chi connectivity index (χ0n) is 24.8. The number of hydrogen-bond acceptors (Lipinski definition) is 5. The smallest absolute Gasteiger partial charge is 0.309 e. The SMILES string of the molecule is COc1cc(F)c(OC2CCC(C)(C(=O)O)CC2)cc1C(=O)N[C@@H]1[C@H]2CC[C@H](C2)[C@@H]1C(=O)NCC(C1CCC1)C1CC1. The van der Waals surface area contributed by atoms with E-state index in [4.69, 9.17) is 9.47 Å². The van der Waals surface area contributed by atoms with Crippen molar-refractivity contribution in [3.8, 4) is 11.5 Å². The van der Waals surface area contributed by atoms with Crippen molar-refractivity contribution in [2.24, 2.45) is 40.9 Å². The molecule has 0 aliphatic heterocycles. The second kappa shape index (κ2) is 11.7. The van der Waals surface area contributed by atoms with E-state index in [1.165, 1.54) is 45.3 Å². The summed E-state index contributed by atoms with van der Waals surface area (Å²) in [6.45, 7) is 2.47. The van der Waals surface area contributed by atoms with Crippen molar-refractivity contribution in [2.75, 3.05) is 13.7 Å². The van der Waals surface area contributed by atoms with Crippen molar-refractivity contribution in [1.29, 1.82) is 0 Å². The zero-order valence-corrected chi connectivity index (χ0v) is 24.8. The minimum absolute atomic E-state index is 0.0470. The summed E-state index contributed by atoms with van der Waals surface area (Å²) in [5.41, 5.74) is -0.635. The number of carboxylic acids is 1. The van der Waals surface area contributed by atoms with Crippen molar-refractivity contribution in [2.45, 2.75) is 96.1 Å². The summed E-state index contributed by atoms with van der Waals surface area (Å²) in [7, 11) is 1.39. The lowest BCUT2D eigenvalue weighted by atomic mass is 9.73. The van der Waals surface area contributed by atoms with Crippen LogP contribution >= 0.6 is 0 Å². The van der Waals surface area contributed by atoms with Gasteiger partial charge in [0.15, 0.2) is 11.6 Å². The highest BCUT2D eigenvalue weighted by Crippen LogP contribution is 2.50. The van der Waals surface area contributed by atoms with Crippen LogP contribution in [-0.4, -0.2) is 48.7 Å². The van der Waals surface area contributed by atoms with Gasteiger partial charge in [-0.25, -0.2) is 4.39 Å². The molecule has 6 rings (SSSR count). The van der Waals surface area contributed by atoms with Gasteiger partial charge in [-0.2, -0.15) is 0 Å². The van der Waals surface area contributed by atoms with Gasteiger partial charge in [-0.3, -0.25) is 14.4 Å². The molecule has 9 heteroatoms. The fraction of sp³-hybridized carbons (Fsp3) is 0.727. The molecule has 8 nitrogen and oxygen atoms in total. The number of halogens is 1. The van der Waals surface area contributed by atoms with E-state index in [2.05, 4.69) is 10.6 Å². The van der Waals surface area contributed by atoms with E-state index in [0.717, 1.165) is 43.7 Å². The lowest BCUT2D eigenvalue weighted by Crippen LogP contribution is -2.51. The average molecular weight is 585 g/mol. The molecule has 2 bridgehead atoms. The predicted octanol–water partition coefficient (Wildman–Crippen LogP) is 5.33. The Labute approximate surface area is 247 Å². The van der Waals surface area contributed by atoms with Crippen LogP contribution in [0.2, 0.25) is 0 Å². The van der Waals surface area contributed by atoms with Gasteiger partial charge in [-0.15, -0.1) is 0 Å². The van der Waals surface area contributed by atoms with E-state index in [-0.39, 0.29) is 52.9 Å². The number of amides is 2. The van der Waals surface area contributed by atoms with Gasteiger partial charge in [0.2, 0.25) is 5.91 Å². The third-order valence-corrected chi connectivity index (χ3v) is 11.4. The first-order valence-corrected chi connectivity index (χ1v) is 16.0. The number of hydrogen-bond donors (Lipinski definition) is 3. The molecule has 42 heavy (non-hydrogen) atoms. The first kappa shape index (κ1) is 29.2. The predicted molar refractivity (Wildman–Crippen MR) is 154 cm³/mol. The number of carbonyl (C=O) groups excluding carboxylic acids is 2. The molecule has 5 aliphatic rings. The molecule has 3 N–H and O–H groups in total. The van der Waals surface area contributed by atoms with Crippen molar-refractivity contribution >= 4 is 17.8 Å². The first-order chi connectivity index (χ1) is 20.2. The molecule has 0 spiro atoms. The van der Waals surface area contributed by atoms with Gasteiger partial charge in [-0.05, 0) is 100 Å². The number of methoxy groups -OCH3 is 1. The summed E-state index contributed by atoms with van der Waals surface area (Å²) < 4.78 is 26.4. The molecule has 0 saturated heterocycles. The van der Waals surface area contributed by atoms with E-state index in [1.807, 2.05) is 0 Å². The minimum Gasteiger partial charge on any atom is -0.496 e. The molecular weight excluding hydrogens is 539 g/mol. The Bertz CT molecular complexity index is 1210. The molecule has 5 fully saturated rings. The third kappa shape index (κ3) is 5.72. The molecule has 1 aromatic rings. The van der Waals surface area contributed by atoms with Crippen molar-refractivity contribution in [1.82, 2.24) is 10.6 Å². The maximum absolute atomic E-state index is 15.0. The van der Waals surface area contributed by atoms with E-state index in [9.17, 15) is 19.5 Å². The molecule has 0 radical (unpaired) electrons. The summed E-state index contributed by atoms with van der Waals surface area (Å²) in [4.78, 5) is 38.8. The molecule has 5 saturated carbocycles. The van der Waals surface area contributed by atoms with Gasteiger partial charge in [-0.1, -0.05) is 19.3 Å². The number of carbonyl (C=O) groups is 3. The highest BCUT2D eigenvalue weighted by molar-refractivity contribution is 5.98. The van der Waals surface area contributed by atoms with E-state index < -0.39 is 23.1 Å². The second-order valence-corrected chi connectivity index (χ2v) is 14.0. The zero-order chi connectivity index (χ0) is 29.6. The van der Waals surface area contributed by atoms with Crippen LogP contribution in [0.4, 0.5) is 4.39 Å². The Morgan fingerprint density at radius 3 is 2.31 bits per heavy atom. The second-order valence-electron chi connectivity index (χ2n) is 14.0. The van der Waals surface area contributed by atoms with Gasteiger partial charge < -0.3 is 25.2 Å². The minimum atomic E-state index is -0.829. The summed E-state index contributed by atoms with van der Waals surface area (Å²) >= 11 is 0. The first-order valence-electron chi connectivity index (χ1n) is 16.0. The molecule has 0 aromatic heterocycles. The number of nitrogens with one attached hydrogen (secondary N) is 2. The number of fused-ring (bicyclic) bond motifs is 2. The fourth-order valence-electron chi connectivity index (χ4n) is 8.26. The Morgan fingerprint density at radius 1 is 1.00 bits per heavy atom. The van der Waals surface area contributed by atoms with Crippen molar-refractivity contribution in [3.63, 3.8) is 0 Å². The highest BCUT2D eigenvalue weighted by Gasteiger charge is 2.52. The van der Waals surface area contributed by atoms with Crippen LogP contribution in [0, 0.1) is 46.7 Å². The van der Waals surface area contributed by atoms with E-state index >= 15 is 4.39 Å². The Hall–Kier alpha value is -2.84. The number of benzene rings is 1. The van der Waals surface area contributed by atoms with Gasteiger partial charge in [0.1, 0.15) is 5.75 Å². The lowest BCUT2D eigenvalue weighted by molar-refractivity contribution is -0.150. The number of aliphatic carboxylic acids is 1. The molecule has 230 valence electrons. The Morgan fingerprint density at radius 2 is 1.69 bits per heavy atom. The van der Waals surface area contributed by atoms with Crippen LogP contribution in [-0.2, 0) is 9.59 Å². The van der Waals surface area contributed by atoms with Gasteiger partial charge in [0, 0.05) is 18.7 Å². The van der Waals surface area contributed by atoms with Crippen molar-refractivity contribution in [3.05, 3.63) is 23.5 Å². The van der Waals surface area contributed by atoms with E-state index in [1.54, 1.807) is 6.92 Å². The van der Waals surface area contributed by atoms with Gasteiger partial charge >= 0.3 is 5.97 Å². The molecule has 2 amide bonds. The largest absolute Gasteiger partial charge is 0.496 e. The standard InChI is InChI=1S/C33H45FN2O6/c1-33(32(39)40)12-10-22(11-13-33)42-27-15-23(26(41-2)16-25(27)34)30(37)36-29-21-9-8-20(14-21)28(29)31(38)35-17-24(19-6-7-19)18-4-3-5-18/h15-16,18-22,24,28-29H,3-14,17H2,1-2H3,(H,35,38)(H,36,37)(H,39,40)/t20-,21+,22?,24?,28+,29-,33?/m1/s1. The molecular formula is C33H45FN2O6. The Balaban J connectivity index is 1.13. The van der Waals surface area contributed by atoms with Crippen LogP contribution in [0.25, 0.3) is 0 Å². The van der Waals surface area contributed by atoms with Gasteiger partial charge in [0.05, 0.1) is 30.1 Å². The number of carboxylic acid groups (broad SMARTS) is 1. The highest BCUT2D eigenvalue weighted by atomic mass is 19.1. The topological polar surface area (TPSA) is 114 Å². The summed E-state index contributed by atoms with van der Waals surface area (Å²) in [6.07, 6.45) is 10.8. The summed E-state index contributed by atoms with van der Waals surface area (Å²) in [5.74, 6) is 0.569. The van der Waals surface area contributed by atoms with Gasteiger partial charge in [0.25, 0.3) is 5.91 Å². The van der Waals surface area contributed by atoms with Crippen LogP contribution in [0.5, 0.6) is 11.5 Å². The third-order valence-electron chi connectivity index (χ3n) is 11.4. The molecule has 1 aromatic carbocycles. The van der Waals surface area contributed by atoms with Crippen LogP contribution in [0.1, 0.15) is 94.3 Å². The lowest BCUT2D eigenvalue weighted by Gasteiger charge is -2.35. The van der Waals surface area contributed by atoms with Crippen molar-refractivity contribution < 1.29 is 33.4 Å².